The summed E-state index contributed by atoms with van der Waals surface area (Å²) >= 11 is 0. The van der Waals surface area contributed by atoms with Gasteiger partial charge in [-0.1, -0.05) is 60.7 Å². The Morgan fingerprint density at radius 1 is 1.00 bits per heavy atom. The third-order valence-corrected chi connectivity index (χ3v) is 6.26. The van der Waals surface area contributed by atoms with Crippen LogP contribution in [0, 0.1) is 6.92 Å². The standard InChI is InChI=1S/C29H26O4/c1-19-10-11-21-7-3-4-9-26(21)29(19)22-8-5-6-20(14-22)17-32-24-12-13-25-23(15-28(30)31-2)18-33-27(25)16-24/h3-14,16,23H,15,17-18H2,1-2H3. The smallest absolute Gasteiger partial charge is 0.306 e. The highest BCUT2D eigenvalue weighted by atomic mass is 16.5. The Morgan fingerprint density at radius 3 is 2.76 bits per heavy atom. The first-order chi connectivity index (χ1) is 16.1. The van der Waals surface area contributed by atoms with Gasteiger partial charge in [0.25, 0.3) is 0 Å². The molecule has 4 aromatic carbocycles. The van der Waals surface area contributed by atoms with Crippen molar-refractivity contribution in [1.82, 2.24) is 0 Å². The van der Waals surface area contributed by atoms with E-state index in [2.05, 4.69) is 67.6 Å². The summed E-state index contributed by atoms with van der Waals surface area (Å²) < 4.78 is 16.7. The van der Waals surface area contributed by atoms with Crippen LogP contribution >= 0.6 is 0 Å². The van der Waals surface area contributed by atoms with Crippen molar-refractivity contribution in [2.45, 2.75) is 25.9 Å². The maximum atomic E-state index is 11.6. The van der Waals surface area contributed by atoms with Crippen LogP contribution in [0.4, 0.5) is 0 Å². The Hall–Kier alpha value is -3.79. The highest BCUT2D eigenvalue weighted by Gasteiger charge is 2.27. The molecule has 4 heteroatoms. The zero-order valence-electron chi connectivity index (χ0n) is 18.8. The second kappa shape index (κ2) is 8.99. The van der Waals surface area contributed by atoms with E-state index in [0.29, 0.717) is 19.6 Å². The number of ether oxygens (including phenoxy) is 3. The maximum absolute atomic E-state index is 11.6. The van der Waals surface area contributed by atoms with Gasteiger partial charge in [-0.3, -0.25) is 4.79 Å². The number of carbonyl (C=O) groups excluding carboxylic acids is 1. The van der Waals surface area contributed by atoms with E-state index in [0.717, 1.165) is 22.6 Å². The molecule has 0 spiro atoms. The molecule has 1 aliphatic rings. The van der Waals surface area contributed by atoms with Crippen LogP contribution in [0.3, 0.4) is 0 Å². The molecule has 166 valence electrons. The Balaban J connectivity index is 1.34. The number of aryl methyl sites for hydroxylation is 1. The van der Waals surface area contributed by atoms with Crippen LogP contribution < -0.4 is 9.47 Å². The third kappa shape index (κ3) is 4.29. The summed E-state index contributed by atoms with van der Waals surface area (Å²) in [5.74, 6) is 1.33. The lowest BCUT2D eigenvalue weighted by atomic mass is 9.93. The molecule has 1 aliphatic heterocycles. The average Bonchev–Trinajstić information content (AvgIpc) is 3.24. The minimum atomic E-state index is -0.224. The van der Waals surface area contributed by atoms with Gasteiger partial charge in [0.2, 0.25) is 0 Å². The third-order valence-electron chi connectivity index (χ3n) is 6.26. The lowest BCUT2D eigenvalue weighted by molar-refractivity contribution is -0.141. The van der Waals surface area contributed by atoms with Crippen LogP contribution in [0.1, 0.15) is 29.0 Å². The molecule has 0 fully saturated rings. The van der Waals surface area contributed by atoms with Crippen molar-refractivity contribution in [3.05, 3.63) is 95.6 Å². The van der Waals surface area contributed by atoms with Crippen molar-refractivity contribution in [1.29, 1.82) is 0 Å². The lowest BCUT2D eigenvalue weighted by Crippen LogP contribution is -2.09. The van der Waals surface area contributed by atoms with Crippen LogP contribution in [0.25, 0.3) is 21.9 Å². The molecule has 0 saturated carbocycles. The van der Waals surface area contributed by atoms with Crippen molar-refractivity contribution >= 4 is 16.7 Å². The summed E-state index contributed by atoms with van der Waals surface area (Å²) in [6, 6.07) is 27.2. The molecule has 4 aromatic rings. The van der Waals surface area contributed by atoms with Gasteiger partial charge in [0.15, 0.2) is 0 Å². The zero-order chi connectivity index (χ0) is 22.8. The number of fused-ring (bicyclic) bond motifs is 2. The van der Waals surface area contributed by atoms with E-state index in [9.17, 15) is 4.79 Å². The highest BCUT2D eigenvalue weighted by molar-refractivity contribution is 5.98. The summed E-state index contributed by atoms with van der Waals surface area (Å²) in [6.07, 6.45) is 0.323. The number of hydrogen-bond donors (Lipinski definition) is 0. The predicted molar refractivity (Wildman–Crippen MR) is 130 cm³/mol. The molecule has 0 amide bonds. The highest BCUT2D eigenvalue weighted by Crippen LogP contribution is 2.38. The van der Waals surface area contributed by atoms with Gasteiger partial charge in [0.05, 0.1) is 20.1 Å². The van der Waals surface area contributed by atoms with Crippen molar-refractivity contribution in [2.75, 3.05) is 13.7 Å². The first-order valence-electron chi connectivity index (χ1n) is 11.2. The Morgan fingerprint density at radius 2 is 1.88 bits per heavy atom. The number of rotatable bonds is 6. The molecular formula is C29H26O4. The number of carbonyl (C=O) groups is 1. The summed E-state index contributed by atoms with van der Waals surface area (Å²) in [4.78, 5) is 11.6. The largest absolute Gasteiger partial charge is 0.492 e. The first kappa shape index (κ1) is 21.1. The summed E-state index contributed by atoms with van der Waals surface area (Å²) in [7, 11) is 1.41. The van der Waals surface area contributed by atoms with Gasteiger partial charge < -0.3 is 14.2 Å². The Kier molecular flexibility index (Phi) is 5.74. The van der Waals surface area contributed by atoms with Crippen LogP contribution in [-0.2, 0) is 16.1 Å². The number of benzene rings is 4. The van der Waals surface area contributed by atoms with Gasteiger partial charge in [0.1, 0.15) is 18.1 Å². The van der Waals surface area contributed by atoms with Gasteiger partial charge in [-0.05, 0) is 52.1 Å². The topological polar surface area (TPSA) is 44.8 Å². The van der Waals surface area contributed by atoms with Crippen LogP contribution in [-0.4, -0.2) is 19.7 Å². The van der Waals surface area contributed by atoms with Gasteiger partial charge in [-0.25, -0.2) is 0 Å². The minimum Gasteiger partial charge on any atom is -0.492 e. The SMILES string of the molecule is COC(=O)CC1COc2cc(OCc3cccc(-c4c(C)ccc5ccccc45)c3)ccc21. The fraction of sp³-hybridized carbons (Fsp3) is 0.207. The number of methoxy groups -OCH3 is 1. The van der Waals surface area contributed by atoms with E-state index in [1.54, 1.807) is 0 Å². The summed E-state index contributed by atoms with van der Waals surface area (Å²) in [5, 5.41) is 2.50. The molecule has 0 N–H and O–H groups in total. The van der Waals surface area contributed by atoms with Crippen LogP contribution in [0.15, 0.2) is 78.9 Å². The molecular weight excluding hydrogens is 412 g/mol. The molecule has 0 aliphatic carbocycles. The molecule has 0 saturated heterocycles. The molecule has 5 rings (SSSR count). The van der Waals surface area contributed by atoms with E-state index in [1.807, 2.05) is 18.2 Å². The maximum Gasteiger partial charge on any atom is 0.306 e. The van der Waals surface area contributed by atoms with Crippen molar-refractivity contribution in [2.24, 2.45) is 0 Å². The van der Waals surface area contributed by atoms with Crippen molar-refractivity contribution in [3.8, 4) is 22.6 Å². The lowest BCUT2D eigenvalue weighted by Gasteiger charge is -2.13. The van der Waals surface area contributed by atoms with Gasteiger partial charge >= 0.3 is 5.97 Å². The molecule has 0 radical (unpaired) electrons. The van der Waals surface area contributed by atoms with Crippen LogP contribution in [0.2, 0.25) is 0 Å². The van der Waals surface area contributed by atoms with E-state index in [1.165, 1.54) is 34.6 Å². The fourth-order valence-corrected chi connectivity index (χ4v) is 4.55. The van der Waals surface area contributed by atoms with Gasteiger partial charge in [0, 0.05) is 17.5 Å². The van der Waals surface area contributed by atoms with Crippen LogP contribution in [0.5, 0.6) is 11.5 Å². The molecule has 1 heterocycles. The molecule has 4 nitrogen and oxygen atoms in total. The molecule has 1 atom stereocenters. The summed E-state index contributed by atoms with van der Waals surface area (Å²) in [6.45, 7) is 3.10. The molecule has 0 bridgehead atoms. The van der Waals surface area contributed by atoms with Gasteiger partial charge in [-0.15, -0.1) is 0 Å². The monoisotopic (exact) mass is 438 g/mol. The Bertz CT molecular complexity index is 1320. The predicted octanol–water partition coefficient (Wildman–Crippen LogP) is 6.43. The Labute approximate surface area is 193 Å². The summed E-state index contributed by atoms with van der Waals surface area (Å²) in [5.41, 5.74) is 5.83. The second-order valence-corrected chi connectivity index (χ2v) is 8.46. The quantitative estimate of drug-likeness (QED) is 0.325. The van der Waals surface area contributed by atoms with Gasteiger partial charge in [-0.2, -0.15) is 0 Å². The molecule has 0 aromatic heterocycles. The first-order valence-corrected chi connectivity index (χ1v) is 11.2. The zero-order valence-corrected chi connectivity index (χ0v) is 18.8. The van der Waals surface area contributed by atoms with E-state index < -0.39 is 0 Å². The molecule has 1 unspecified atom stereocenters. The second-order valence-electron chi connectivity index (χ2n) is 8.46. The molecule has 33 heavy (non-hydrogen) atoms. The fourth-order valence-electron chi connectivity index (χ4n) is 4.55. The van der Waals surface area contributed by atoms with Crippen molar-refractivity contribution in [3.63, 3.8) is 0 Å². The van der Waals surface area contributed by atoms with E-state index >= 15 is 0 Å². The van der Waals surface area contributed by atoms with E-state index in [4.69, 9.17) is 14.2 Å². The number of hydrogen-bond acceptors (Lipinski definition) is 4. The van der Waals surface area contributed by atoms with E-state index in [-0.39, 0.29) is 11.9 Å². The number of esters is 1. The average molecular weight is 439 g/mol. The normalized spacial score (nSPS) is 14.5. The minimum absolute atomic E-state index is 0.0297. The van der Waals surface area contributed by atoms with Crippen molar-refractivity contribution < 1.29 is 19.0 Å².